The van der Waals surface area contributed by atoms with Crippen LogP contribution >= 0.6 is 0 Å². The van der Waals surface area contributed by atoms with Gasteiger partial charge in [-0.15, -0.1) is 0 Å². The van der Waals surface area contributed by atoms with Crippen molar-refractivity contribution in [2.45, 2.75) is 38.4 Å². The molecule has 1 heterocycles. The second-order valence-electron chi connectivity index (χ2n) is 8.37. The fourth-order valence-corrected chi connectivity index (χ4v) is 4.36. The summed E-state index contributed by atoms with van der Waals surface area (Å²) in [5.74, 6) is -0.0223. The zero-order valence-electron chi connectivity index (χ0n) is 18.7. The zero-order chi connectivity index (χ0) is 23.2. The van der Waals surface area contributed by atoms with Crippen molar-refractivity contribution in [3.8, 4) is 16.9 Å². The summed E-state index contributed by atoms with van der Waals surface area (Å²) in [6.07, 6.45) is 2.85. The number of carbonyl (C=O) groups is 1. The number of halogens is 2. The minimum atomic E-state index is -0.310. The second kappa shape index (κ2) is 10.6. The van der Waals surface area contributed by atoms with Crippen LogP contribution in [-0.2, 0) is 17.9 Å². The number of ether oxygens (including phenoxy) is 1. The molecule has 1 amide bonds. The number of rotatable bonds is 7. The molecule has 1 atom stereocenters. The van der Waals surface area contributed by atoms with E-state index in [-0.39, 0.29) is 23.6 Å². The van der Waals surface area contributed by atoms with E-state index in [2.05, 4.69) is 10.2 Å². The number of likely N-dealkylation sites (tertiary alicyclic amines) is 1. The SMILES string of the molecule is COc1ccc(F)cc1-c1ccc(CN2CCCCC2C(=O)NCc2cccc(F)c2)cc1. The van der Waals surface area contributed by atoms with E-state index in [1.807, 2.05) is 24.3 Å². The van der Waals surface area contributed by atoms with Crippen molar-refractivity contribution >= 4 is 5.91 Å². The Bertz CT molecular complexity index is 1100. The van der Waals surface area contributed by atoms with E-state index in [0.717, 1.165) is 42.5 Å². The fraction of sp³-hybridized carbons (Fsp3) is 0.296. The van der Waals surface area contributed by atoms with Crippen molar-refractivity contribution in [1.82, 2.24) is 10.2 Å². The molecular weight excluding hydrogens is 422 g/mol. The monoisotopic (exact) mass is 450 g/mol. The summed E-state index contributed by atoms with van der Waals surface area (Å²) in [5.41, 5.74) is 3.41. The third kappa shape index (κ3) is 5.76. The van der Waals surface area contributed by atoms with Crippen LogP contribution in [0.1, 0.15) is 30.4 Å². The second-order valence-corrected chi connectivity index (χ2v) is 8.37. The molecule has 1 saturated heterocycles. The van der Waals surface area contributed by atoms with E-state index in [4.69, 9.17) is 4.74 Å². The van der Waals surface area contributed by atoms with Gasteiger partial charge in [0.05, 0.1) is 13.2 Å². The molecule has 33 heavy (non-hydrogen) atoms. The molecule has 0 aromatic heterocycles. The number of hydrogen-bond donors (Lipinski definition) is 1. The van der Waals surface area contributed by atoms with Crippen molar-refractivity contribution in [2.24, 2.45) is 0 Å². The van der Waals surface area contributed by atoms with Crippen molar-refractivity contribution < 1.29 is 18.3 Å². The quantitative estimate of drug-likeness (QED) is 0.530. The first-order chi connectivity index (χ1) is 16.0. The first kappa shape index (κ1) is 22.9. The van der Waals surface area contributed by atoms with Gasteiger partial charge in [0.15, 0.2) is 0 Å². The molecular formula is C27H28F2N2O2. The van der Waals surface area contributed by atoms with Gasteiger partial charge < -0.3 is 10.1 Å². The first-order valence-corrected chi connectivity index (χ1v) is 11.2. The molecule has 1 unspecified atom stereocenters. The Balaban J connectivity index is 1.42. The summed E-state index contributed by atoms with van der Waals surface area (Å²) >= 11 is 0. The van der Waals surface area contributed by atoms with Crippen molar-refractivity contribution in [3.05, 3.63) is 89.5 Å². The molecule has 0 aliphatic carbocycles. The highest BCUT2D eigenvalue weighted by molar-refractivity contribution is 5.81. The average Bonchev–Trinajstić information content (AvgIpc) is 2.83. The molecule has 1 aliphatic rings. The molecule has 1 N–H and O–H groups in total. The Hall–Kier alpha value is -3.25. The molecule has 0 bridgehead atoms. The Morgan fingerprint density at radius 1 is 1.00 bits per heavy atom. The van der Waals surface area contributed by atoms with Crippen LogP contribution in [0, 0.1) is 11.6 Å². The van der Waals surface area contributed by atoms with E-state index >= 15 is 0 Å². The fourth-order valence-electron chi connectivity index (χ4n) is 4.36. The summed E-state index contributed by atoms with van der Waals surface area (Å²) in [7, 11) is 1.57. The largest absolute Gasteiger partial charge is 0.496 e. The predicted molar refractivity (Wildman–Crippen MR) is 125 cm³/mol. The lowest BCUT2D eigenvalue weighted by Crippen LogP contribution is -2.48. The number of carbonyl (C=O) groups excluding carboxylic acids is 1. The lowest BCUT2D eigenvalue weighted by molar-refractivity contribution is -0.128. The summed E-state index contributed by atoms with van der Waals surface area (Å²) in [4.78, 5) is 15.1. The van der Waals surface area contributed by atoms with Gasteiger partial charge in [0.25, 0.3) is 0 Å². The Morgan fingerprint density at radius 3 is 2.55 bits per heavy atom. The lowest BCUT2D eigenvalue weighted by Gasteiger charge is -2.34. The van der Waals surface area contributed by atoms with Gasteiger partial charge in [0.1, 0.15) is 17.4 Å². The third-order valence-electron chi connectivity index (χ3n) is 6.08. The van der Waals surface area contributed by atoms with Gasteiger partial charge in [-0.1, -0.05) is 42.8 Å². The van der Waals surface area contributed by atoms with E-state index < -0.39 is 0 Å². The van der Waals surface area contributed by atoms with E-state index in [0.29, 0.717) is 24.4 Å². The number of hydrogen-bond acceptors (Lipinski definition) is 3. The molecule has 3 aromatic rings. The molecule has 4 nitrogen and oxygen atoms in total. The Kier molecular flexibility index (Phi) is 7.35. The number of methoxy groups -OCH3 is 1. The van der Waals surface area contributed by atoms with E-state index in [9.17, 15) is 13.6 Å². The minimum Gasteiger partial charge on any atom is -0.496 e. The molecule has 1 aliphatic heterocycles. The molecule has 0 saturated carbocycles. The van der Waals surface area contributed by atoms with Crippen LogP contribution in [0.25, 0.3) is 11.1 Å². The van der Waals surface area contributed by atoms with Crippen LogP contribution < -0.4 is 10.1 Å². The number of nitrogens with one attached hydrogen (secondary N) is 1. The van der Waals surface area contributed by atoms with Gasteiger partial charge in [0, 0.05) is 18.7 Å². The van der Waals surface area contributed by atoms with E-state index in [1.165, 1.54) is 24.3 Å². The van der Waals surface area contributed by atoms with Crippen molar-refractivity contribution in [2.75, 3.05) is 13.7 Å². The highest BCUT2D eigenvalue weighted by Gasteiger charge is 2.28. The molecule has 6 heteroatoms. The van der Waals surface area contributed by atoms with Crippen molar-refractivity contribution in [3.63, 3.8) is 0 Å². The van der Waals surface area contributed by atoms with Crippen LogP contribution in [0.4, 0.5) is 8.78 Å². The number of amides is 1. The normalized spacial score (nSPS) is 16.4. The summed E-state index contributed by atoms with van der Waals surface area (Å²) < 4.78 is 32.5. The molecule has 0 radical (unpaired) electrons. The van der Waals surface area contributed by atoms with Gasteiger partial charge in [-0.25, -0.2) is 8.78 Å². The smallest absolute Gasteiger partial charge is 0.237 e. The van der Waals surface area contributed by atoms with Crippen LogP contribution in [0.3, 0.4) is 0 Å². The van der Waals surface area contributed by atoms with Gasteiger partial charge in [-0.2, -0.15) is 0 Å². The van der Waals surface area contributed by atoms with Crippen LogP contribution in [0.5, 0.6) is 5.75 Å². The highest BCUT2D eigenvalue weighted by Crippen LogP contribution is 2.31. The van der Waals surface area contributed by atoms with Crippen LogP contribution in [0.2, 0.25) is 0 Å². The predicted octanol–water partition coefficient (Wildman–Crippen LogP) is 5.31. The molecule has 1 fully saturated rings. The number of nitrogens with zero attached hydrogens (tertiary/aromatic N) is 1. The van der Waals surface area contributed by atoms with Crippen LogP contribution in [-0.4, -0.2) is 30.5 Å². The Labute approximate surface area is 193 Å². The van der Waals surface area contributed by atoms with Gasteiger partial charge >= 0.3 is 0 Å². The van der Waals surface area contributed by atoms with Gasteiger partial charge in [0.2, 0.25) is 5.91 Å². The molecule has 0 spiro atoms. The van der Waals surface area contributed by atoms with Gasteiger partial charge in [-0.3, -0.25) is 9.69 Å². The van der Waals surface area contributed by atoms with Gasteiger partial charge in [-0.05, 0) is 66.4 Å². The summed E-state index contributed by atoms with van der Waals surface area (Å²) in [6.45, 7) is 1.81. The zero-order valence-corrected chi connectivity index (χ0v) is 18.7. The maximum atomic E-state index is 13.7. The third-order valence-corrected chi connectivity index (χ3v) is 6.08. The number of piperidine rings is 1. The maximum absolute atomic E-state index is 13.7. The summed E-state index contributed by atoms with van der Waals surface area (Å²) in [5, 5.41) is 2.96. The average molecular weight is 451 g/mol. The molecule has 172 valence electrons. The highest BCUT2D eigenvalue weighted by atomic mass is 19.1. The minimum absolute atomic E-state index is 0.0277. The van der Waals surface area contributed by atoms with E-state index in [1.54, 1.807) is 25.3 Å². The standard InChI is InChI=1S/C27H28F2N2O2/c1-33-26-13-12-23(29)16-24(26)21-10-8-19(9-11-21)18-31-14-3-2-7-25(31)27(32)30-17-20-5-4-6-22(28)15-20/h4-6,8-13,15-16,25H,2-3,7,14,17-18H2,1H3,(H,30,32). The maximum Gasteiger partial charge on any atom is 0.237 e. The molecule has 4 rings (SSSR count). The first-order valence-electron chi connectivity index (χ1n) is 11.2. The summed E-state index contributed by atoms with van der Waals surface area (Å²) in [6, 6.07) is 18.5. The number of benzene rings is 3. The lowest BCUT2D eigenvalue weighted by atomic mass is 9.99. The van der Waals surface area contributed by atoms with Crippen molar-refractivity contribution in [1.29, 1.82) is 0 Å². The van der Waals surface area contributed by atoms with Crippen LogP contribution in [0.15, 0.2) is 66.7 Å². The molecule has 3 aromatic carbocycles. The topological polar surface area (TPSA) is 41.6 Å². The Morgan fingerprint density at radius 2 is 1.79 bits per heavy atom.